The number of aromatic nitrogens is 2. The van der Waals surface area contributed by atoms with Crippen molar-refractivity contribution in [2.45, 2.75) is 24.7 Å². The summed E-state index contributed by atoms with van der Waals surface area (Å²) in [5, 5.41) is 13.5. The van der Waals surface area contributed by atoms with E-state index >= 15 is 0 Å². The summed E-state index contributed by atoms with van der Waals surface area (Å²) in [6, 6.07) is 17.9. The molecular weight excluding hydrogens is 320 g/mol. The number of benzene rings is 2. The molecule has 122 valence electrons. The van der Waals surface area contributed by atoms with Crippen LogP contribution in [0.1, 0.15) is 17.7 Å². The predicted molar refractivity (Wildman–Crippen MR) is 96.9 cm³/mol. The van der Waals surface area contributed by atoms with Gasteiger partial charge in [0, 0.05) is 16.9 Å². The van der Waals surface area contributed by atoms with Crippen LogP contribution in [0.2, 0.25) is 0 Å². The molecule has 2 aromatic carbocycles. The van der Waals surface area contributed by atoms with Crippen LogP contribution in [-0.2, 0) is 11.2 Å². The van der Waals surface area contributed by atoms with E-state index in [1.54, 1.807) is 0 Å². The Labute approximate surface area is 146 Å². The highest BCUT2D eigenvalue weighted by atomic mass is 32.1. The molecule has 0 amide bonds. The summed E-state index contributed by atoms with van der Waals surface area (Å²) in [6.07, 6.45) is 0.478. The number of aryl methyl sites for hydroxylation is 2. The van der Waals surface area contributed by atoms with E-state index in [9.17, 15) is 4.79 Å². The van der Waals surface area contributed by atoms with Gasteiger partial charge in [-0.05, 0) is 37.3 Å². The van der Waals surface area contributed by atoms with Crippen molar-refractivity contribution in [2.24, 2.45) is 0 Å². The smallest absolute Gasteiger partial charge is 0.303 e. The van der Waals surface area contributed by atoms with Gasteiger partial charge in [0.25, 0.3) is 0 Å². The van der Waals surface area contributed by atoms with Crippen molar-refractivity contribution in [1.82, 2.24) is 9.78 Å². The number of hydrogen-bond acceptors (Lipinski definition) is 3. The average Bonchev–Trinajstić information content (AvgIpc) is 2.98. The minimum absolute atomic E-state index is 0.0694. The van der Waals surface area contributed by atoms with E-state index in [-0.39, 0.29) is 6.42 Å². The van der Waals surface area contributed by atoms with Gasteiger partial charge in [0.05, 0.1) is 23.5 Å². The molecule has 0 saturated carbocycles. The van der Waals surface area contributed by atoms with E-state index in [1.165, 1.54) is 5.56 Å². The maximum absolute atomic E-state index is 10.8. The minimum atomic E-state index is -0.819. The van der Waals surface area contributed by atoms with E-state index in [0.717, 1.165) is 27.5 Å². The van der Waals surface area contributed by atoms with Gasteiger partial charge >= 0.3 is 5.97 Å². The zero-order valence-corrected chi connectivity index (χ0v) is 14.2. The summed E-state index contributed by atoms with van der Waals surface area (Å²) >= 11 is 4.32. The number of hydrogen-bond donors (Lipinski definition) is 2. The molecule has 24 heavy (non-hydrogen) atoms. The molecule has 0 atom stereocenters. The van der Waals surface area contributed by atoms with Crippen molar-refractivity contribution in [3.63, 3.8) is 0 Å². The Morgan fingerprint density at radius 2 is 1.79 bits per heavy atom. The van der Waals surface area contributed by atoms with Gasteiger partial charge < -0.3 is 5.11 Å². The van der Waals surface area contributed by atoms with Gasteiger partial charge in [0.2, 0.25) is 0 Å². The summed E-state index contributed by atoms with van der Waals surface area (Å²) in [7, 11) is 0. The lowest BCUT2D eigenvalue weighted by Gasteiger charge is -2.08. The third kappa shape index (κ3) is 3.68. The van der Waals surface area contributed by atoms with Crippen LogP contribution in [0.3, 0.4) is 0 Å². The van der Waals surface area contributed by atoms with Gasteiger partial charge in [-0.2, -0.15) is 5.10 Å². The molecular formula is C19H18N2O2S. The molecule has 0 radical (unpaired) electrons. The Balaban J connectivity index is 2.05. The second-order valence-corrected chi connectivity index (χ2v) is 6.23. The van der Waals surface area contributed by atoms with Crippen LogP contribution in [0.4, 0.5) is 0 Å². The number of nitrogens with zero attached hydrogens (tertiary/aromatic N) is 2. The van der Waals surface area contributed by atoms with Gasteiger partial charge in [0.15, 0.2) is 0 Å². The van der Waals surface area contributed by atoms with E-state index in [4.69, 9.17) is 5.11 Å². The van der Waals surface area contributed by atoms with Crippen molar-refractivity contribution in [1.29, 1.82) is 0 Å². The maximum Gasteiger partial charge on any atom is 0.303 e. The number of carboxylic acid groups (broad SMARTS) is 1. The largest absolute Gasteiger partial charge is 0.481 e. The normalized spacial score (nSPS) is 10.8. The van der Waals surface area contributed by atoms with Crippen LogP contribution >= 0.6 is 12.6 Å². The first-order valence-corrected chi connectivity index (χ1v) is 8.15. The number of carboxylic acids is 1. The van der Waals surface area contributed by atoms with Gasteiger partial charge in [-0.1, -0.05) is 29.8 Å². The molecule has 1 heterocycles. The van der Waals surface area contributed by atoms with Crippen molar-refractivity contribution >= 4 is 18.6 Å². The molecule has 0 aliphatic rings. The van der Waals surface area contributed by atoms with Crippen LogP contribution in [-0.4, -0.2) is 20.9 Å². The third-order valence-electron chi connectivity index (χ3n) is 3.80. The highest BCUT2D eigenvalue weighted by Crippen LogP contribution is 2.25. The fraction of sp³-hybridized carbons (Fsp3) is 0.158. The lowest BCUT2D eigenvalue weighted by atomic mass is 10.1. The first kappa shape index (κ1) is 16.3. The molecule has 4 nitrogen and oxygen atoms in total. The molecule has 0 aliphatic heterocycles. The Kier molecular flexibility index (Phi) is 4.71. The van der Waals surface area contributed by atoms with E-state index in [0.29, 0.717) is 6.42 Å². The summed E-state index contributed by atoms with van der Waals surface area (Å²) in [6.45, 7) is 2.05. The number of carbonyl (C=O) groups is 1. The van der Waals surface area contributed by atoms with Gasteiger partial charge in [-0.3, -0.25) is 4.79 Å². The Morgan fingerprint density at radius 3 is 2.42 bits per heavy atom. The lowest BCUT2D eigenvalue weighted by molar-refractivity contribution is -0.136. The first-order chi connectivity index (χ1) is 11.5. The highest BCUT2D eigenvalue weighted by Gasteiger charge is 2.12. The van der Waals surface area contributed by atoms with Crippen molar-refractivity contribution in [3.05, 3.63) is 65.9 Å². The van der Waals surface area contributed by atoms with Crippen molar-refractivity contribution < 1.29 is 9.90 Å². The number of thiol groups is 1. The monoisotopic (exact) mass is 338 g/mol. The fourth-order valence-corrected chi connectivity index (χ4v) is 2.66. The molecule has 5 heteroatoms. The number of rotatable bonds is 5. The molecule has 0 spiro atoms. The van der Waals surface area contributed by atoms with Gasteiger partial charge in [-0.25, -0.2) is 4.68 Å². The van der Waals surface area contributed by atoms with Crippen molar-refractivity contribution in [2.75, 3.05) is 0 Å². The predicted octanol–water partition coefficient (Wildman–Crippen LogP) is 4.15. The standard InChI is InChI=1S/C19H18N2O2S/c1-13-2-4-14(5-3-13)18-12-15(6-11-19(22)23)20-21(18)16-7-9-17(24)10-8-16/h2-5,7-10,12,24H,6,11H2,1H3,(H,22,23). The molecule has 0 bridgehead atoms. The molecule has 0 aliphatic carbocycles. The summed E-state index contributed by atoms with van der Waals surface area (Å²) < 4.78 is 1.86. The minimum Gasteiger partial charge on any atom is -0.481 e. The molecule has 1 N–H and O–H groups in total. The Morgan fingerprint density at radius 1 is 1.12 bits per heavy atom. The highest BCUT2D eigenvalue weighted by molar-refractivity contribution is 7.80. The molecule has 0 saturated heterocycles. The van der Waals surface area contributed by atoms with E-state index < -0.39 is 5.97 Å². The fourth-order valence-electron chi connectivity index (χ4n) is 2.51. The SMILES string of the molecule is Cc1ccc(-c2cc(CCC(=O)O)nn2-c2ccc(S)cc2)cc1. The molecule has 1 aromatic heterocycles. The molecule has 3 aromatic rings. The van der Waals surface area contributed by atoms with Crippen LogP contribution in [0.5, 0.6) is 0 Å². The summed E-state index contributed by atoms with van der Waals surface area (Å²) in [5.41, 5.74) is 4.87. The van der Waals surface area contributed by atoms with Gasteiger partial charge in [0.1, 0.15) is 0 Å². The number of aliphatic carboxylic acids is 1. The lowest BCUT2D eigenvalue weighted by Crippen LogP contribution is -2.01. The van der Waals surface area contributed by atoms with Crippen LogP contribution < -0.4 is 0 Å². The Hall–Kier alpha value is -2.53. The summed E-state index contributed by atoms with van der Waals surface area (Å²) in [4.78, 5) is 11.7. The zero-order valence-electron chi connectivity index (χ0n) is 13.3. The molecule has 0 fully saturated rings. The quantitative estimate of drug-likeness (QED) is 0.687. The van der Waals surface area contributed by atoms with Crippen LogP contribution in [0, 0.1) is 6.92 Å². The third-order valence-corrected chi connectivity index (χ3v) is 4.09. The zero-order chi connectivity index (χ0) is 17.1. The van der Waals surface area contributed by atoms with Crippen LogP contribution in [0.15, 0.2) is 59.5 Å². The van der Waals surface area contributed by atoms with E-state index in [1.807, 2.05) is 41.9 Å². The molecule has 3 rings (SSSR count). The average molecular weight is 338 g/mol. The van der Waals surface area contributed by atoms with E-state index in [2.05, 4.69) is 42.0 Å². The summed E-state index contributed by atoms with van der Waals surface area (Å²) in [5.74, 6) is -0.819. The van der Waals surface area contributed by atoms with Crippen molar-refractivity contribution in [3.8, 4) is 16.9 Å². The van der Waals surface area contributed by atoms with Gasteiger partial charge in [-0.15, -0.1) is 12.6 Å². The topological polar surface area (TPSA) is 55.1 Å². The first-order valence-electron chi connectivity index (χ1n) is 7.70. The van der Waals surface area contributed by atoms with Crippen LogP contribution in [0.25, 0.3) is 16.9 Å². The molecule has 0 unspecified atom stereocenters. The second kappa shape index (κ2) is 6.93. The Bertz CT molecular complexity index is 789. The second-order valence-electron chi connectivity index (χ2n) is 5.71. The maximum atomic E-state index is 10.8.